The Morgan fingerprint density at radius 2 is 0.512 bits per heavy atom. The van der Waals surface area contributed by atoms with Crippen LogP contribution in [0.15, 0.2) is 0 Å². The quantitative estimate of drug-likeness (QED) is 0.0669. The Labute approximate surface area is 263 Å². The van der Waals surface area contributed by atoms with E-state index in [2.05, 4.69) is 32.6 Å². The average molecular weight is 578 g/mol. The molecule has 0 unspecified atom stereocenters. The fourth-order valence-corrected chi connectivity index (χ4v) is 6.46. The van der Waals surface area contributed by atoms with Crippen molar-refractivity contribution >= 4 is 0 Å². The van der Waals surface area contributed by atoms with E-state index in [-0.39, 0.29) is 0 Å². The third kappa shape index (κ3) is 36.1. The molecule has 41 heavy (non-hydrogen) atoms. The predicted octanol–water partition coefficient (Wildman–Crippen LogP) is 14.5. The molecule has 0 radical (unpaired) electrons. The molecule has 0 aliphatic carbocycles. The van der Waals surface area contributed by atoms with Crippen LogP contribution >= 0.6 is 0 Å². The zero-order valence-electron chi connectivity index (χ0n) is 29.8. The van der Waals surface area contributed by atoms with Crippen molar-refractivity contribution in [1.82, 2.24) is 4.90 Å². The summed E-state index contributed by atoms with van der Waals surface area (Å²) in [6.07, 6.45) is 46.6. The van der Waals surface area contributed by atoms with E-state index >= 15 is 0 Å². The third-order valence-electron chi connectivity index (χ3n) is 9.41. The lowest BCUT2D eigenvalue weighted by Gasteiger charge is -2.22. The molecule has 0 aromatic heterocycles. The van der Waals surface area contributed by atoms with Crippen LogP contribution in [0.4, 0.5) is 0 Å². The second kappa shape index (κ2) is 36.2. The number of rotatable bonds is 36. The topological polar surface area (TPSA) is 3.24 Å². The van der Waals surface area contributed by atoms with Crippen LogP contribution in [-0.4, -0.2) is 24.5 Å². The molecule has 1 nitrogen and oxygen atoms in total. The second-order valence-corrected chi connectivity index (χ2v) is 14.3. The van der Waals surface area contributed by atoms with Crippen LogP contribution in [0.25, 0.3) is 0 Å². The van der Waals surface area contributed by atoms with Gasteiger partial charge in [0, 0.05) is 0 Å². The molecule has 0 spiro atoms. The smallest absolute Gasteiger partial charge is 0.00187 e. The van der Waals surface area contributed by atoms with E-state index in [1.54, 1.807) is 0 Å². The zero-order chi connectivity index (χ0) is 29.9. The number of nitrogens with zero attached hydrogens (tertiary/aromatic N) is 1. The van der Waals surface area contributed by atoms with E-state index in [1.807, 2.05) is 0 Å². The first-order chi connectivity index (χ1) is 20.2. The maximum Gasteiger partial charge on any atom is -0.00187 e. The highest BCUT2D eigenvalue weighted by atomic mass is 15.1. The van der Waals surface area contributed by atoms with Gasteiger partial charge in [-0.25, -0.2) is 0 Å². The van der Waals surface area contributed by atoms with Crippen molar-refractivity contribution in [2.75, 3.05) is 19.6 Å². The van der Waals surface area contributed by atoms with Crippen molar-refractivity contribution in [2.24, 2.45) is 5.92 Å². The number of unbranched alkanes of at least 4 members (excludes halogenated alkanes) is 28. The molecule has 0 rings (SSSR count). The first-order valence-electron chi connectivity index (χ1n) is 19.9. The van der Waals surface area contributed by atoms with Gasteiger partial charge in [0.15, 0.2) is 0 Å². The summed E-state index contributed by atoms with van der Waals surface area (Å²) in [6.45, 7) is 13.4. The maximum absolute atomic E-state index is 2.86. The molecule has 0 aromatic rings. The highest BCUT2D eigenvalue weighted by molar-refractivity contribution is 4.61. The molecule has 1 heteroatoms. The van der Waals surface area contributed by atoms with Crippen LogP contribution in [0.3, 0.4) is 0 Å². The summed E-state index contributed by atoms with van der Waals surface area (Å²) in [5, 5.41) is 0. The van der Waals surface area contributed by atoms with Gasteiger partial charge in [0.2, 0.25) is 0 Å². The summed E-state index contributed by atoms with van der Waals surface area (Å²) in [7, 11) is 0. The molecule has 0 atom stereocenters. The maximum atomic E-state index is 2.86. The Morgan fingerprint density at radius 1 is 0.293 bits per heavy atom. The molecule has 0 saturated carbocycles. The van der Waals surface area contributed by atoms with Gasteiger partial charge in [-0.1, -0.05) is 214 Å². The minimum absolute atomic E-state index is 0.888. The fourth-order valence-electron chi connectivity index (χ4n) is 6.46. The lowest BCUT2D eigenvalue weighted by Crippen LogP contribution is -2.27. The van der Waals surface area contributed by atoms with Gasteiger partial charge in [-0.05, 0) is 44.8 Å². The monoisotopic (exact) mass is 578 g/mol. The Bertz CT molecular complexity index is 418. The molecule has 0 aliphatic heterocycles. The summed E-state index contributed by atoms with van der Waals surface area (Å²) in [5.74, 6) is 0.888. The van der Waals surface area contributed by atoms with Crippen LogP contribution in [0.1, 0.15) is 233 Å². The van der Waals surface area contributed by atoms with Gasteiger partial charge < -0.3 is 4.90 Å². The molecule has 0 heterocycles. The SMILES string of the molecule is CCCCCCCCCCCCCN(CCCCCCCCCCCCC)CCCCCCCCCCCC(C)C. The molecule has 0 bridgehead atoms. The van der Waals surface area contributed by atoms with E-state index < -0.39 is 0 Å². The van der Waals surface area contributed by atoms with E-state index in [4.69, 9.17) is 0 Å². The van der Waals surface area contributed by atoms with Crippen LogP contribution in [0.5, 0.6) is 0 Å². The molecule has 0 aliphatic rings. The van der Waals surface area contributed by atoms with Crippen LogP contribution in [0, 0.1) is 5.92 Å². The minimum atomic E-state index is 0.888. The lowest BCUT2D eigenvalue weighted by molar-refractivity contribution is 0.254. The van der Waals surface area contributed by atoms with E-state index in [9.17, 15) is 0 Å². The van der Waals surface area contributed by atoms with Gasteiger partial charge in [-0.2, -0.15) is 0 Å². The van der Waals surface area contributed by atoms with Gasteiger partial charge in [0.05, 0.1) is 0 Å². The molecular weight excluding hydrogens is 494 g/mol. The number of hydrogen-bond donors (Lipinski definition) is 0. The Kier molecular flexibility index (Phi) is 36.1. The Morgan fingerprint density at radius 3 is 0.756 bits per heavy atom. The van der Waals surface area contributed by atoms with Crippen LogP contribution < -0.4 is 0 Å². The summed E-state index contributed by atoms with van der Waals surface area (Å²) in [4.78, 5) is 2.86. The summed E-state index contributed by atoms with van der Waals surface area (Å²) in [6, 6.07) is 0. The predicted molar refractivity (Wildman–Crippen MR) is 190 cm³/mol. The van der Waals surface area contributed by atoms with Crippen molar-refractivity contribution < 1.29 is 0 Å². The molecule has 0 amide bonds. The van der Waals surface area contributed by atoms with E-state index in [1.165, 1.54) is 225 Å². The van der Waals surface area contributed by atoms with Gasteiger partial charge in [0.25, 0.3) is 0 Å². The molecular formula is C40H83N. The van der Waals surface area contributed by atoms with Crippen molar-refractivity contribution in [3.8, 4) is 0 Å². The molecule has 248 valence electrons. The molecule has 0 N–H and O–H groups in total. The van der Waals surface area contributed by atoms with Gasteiger partial charge in [-0.3, -0.25) is 0 Å². The van der Waals surface area contributed by atoms with Crippen LogP contribution in [-0.2, 0) is 0 Å². The fraction of sp³-hybridized carbons (Fsp3) is 1.00. The molecule has 0 fully saturated rings. The van der Waals surface area contributed by atoms with Crippen molar-refractivity contribution in [1.29, 1.82) is 0 Å². The summed E-state index contributed by atoms with van der Waals surface area (Å²) < 4.78 is 0. The Hall–Kier alpha value is -0.0400. The first kappa shape index (κ1) is 41.0. The second-order valence-electron chi connectivity index (χ2n) is 14.3. The average Bonchev–Trinajstić information content (AvgIpc) is 2.96. The van der Waals surface area contributed by atoms with Gasteiger partial charge >= 0.3 is 0 Å². The van der Waals surface area contributed by atoms with Crippen LogP contribution in [0.2, 0.25) is 0 Å². The van der Waals surface area contributed by atoms with Gasteiger partial charge in [0.1, 0.15) is 0 Å². The molecule has 0 aromatic carbocycles. The standard InChI is InChI=1S/C40H83N/c1-5-7-9-11-13-15-17-21-25-29-33-37-41(38-34-30-26-22-18-16-14-12-10-8-6-2)39-35-31-27-23-19-20-24-28-32-36-40(3)4/h40H,5-39H2,1-4H3. The largest absolute Gasteiger partial charge is 0.303 e. The van der Waals surface area contributed by atoms with Crippen molar-refractivity contribution in [2.45, 2.75) is 233 Å². The van der Waals surface area contributed by atoms with E-state index in [0.29, 0.717) is 0 Å². The van der Waals surface area contributed by atoms with Crippen molar-refractivity contribution in [3.63, 3.8) is 0 Å². The number of hydrogen-bond acceptors (Lipinski definition) is 1. The first-order valence-corrected chi connectivity index (χ1v) is 19.9. The lowest BCUT2D eigenvalue weighted by atomic mass is 10.0. The Balaban J connectivity index is 3.90. The molecule has 0 saturated heterocycles. The summed E-state index contributed by atoms with van der Waals surface area (Å²) in [5.41, 5.74) is 0. The van der Waals surface area contributed by atoms with E-state index in [0.717, 1.165) is 5.92 Å². The van der Waals surface area contributed by atoms with Gasteiger partial charge in [-0.15, -0.1) is 0 Å². The normalized spacial score (nSPS) is 11.9. The summed E-state index contributed by atoms with van der Waals surface area (Å²) >= 11 is 0. The highest BCUT2D eigenvalue weighted by Crippen LogP contribution is 2.16. The minimum Gasteiger partial charge on any atom is -0.303 e. The third-order valence-corrected chi connectivity index (χ3v) is 9.41. The highest BCUT2D eigenvalue weighted by Gasteiger charge is 2.05. The zero-order valence-corrected chi connectivity index (χ0v) is 29.8. The van der Waals surface area contributed by atoms with Crippen molar-refractivity contribution in [3.05, 3.63) is 0 Å².